The lowest BCUT2D eigenvalue weighted by Gasteiger charge is -2.24. The molecule has 8 nitrogen and oxygen atoms in total. The molecule has 2 N–H and O–H groups in total. The second-order valence-corrected chi connectivity index (χ2v) is 6.14. The summed E-state index contributed by atoms with van der Waals surface area (Å²) in [6.07, 6.45) is -5.06. The third kappa shape index (κ3) is 3.93. The van der Waals surface area contributed by atoms with Gasteiger partial charge < -0.3 is 9.84 Å². The Labute approximate surface area is 159 Å². The fraction of sp³-hybridized carbons (Fsp3) is 0.312. The number of anilines is 1. The first-order valence-electron chi connectivity index (χ1n) is 8.07. The molecule has 1 saturated heterocycles. The van der Waals surface area contributed by atoms with Gasteiger partial charge in [-0.25, -0.2) is 8.78 Å². The molecule has 1 unspecified atom stereocenters. The summed E-state index contributed by atoms with van der Waals surface area (Å²) in [4.78, 5) is 28.1. The van der Waals surface area contributed by atoms with Crippen molar-refractivity contribution in [2.24, 2.45) is 0 Å². The zero-order chi connectivity index (χ0) is 21.5. The zero-order valence-corrected chi connectivity index (χ0v) is 14.6. The van der Waals surface area contributed by atoms with Crippen LogP contribution in [0.3, 0.4) is 0 Å². The van der Waals surface area contributed by atoms with Crippen LogP contribution in [0.5, 0.6) is 0 Å². The fourth-order valence-electron chi connectivity index (χ4n) is 2.84. The molecule has 1 aromatic heterocycles. The molecule has 1 aliphatic rings. The van der Waals surface area contributed by atoms with Crippen LogP contribution in [0.2, 0.25) is 0 Å². The predicted octanol–water partition coefficient (Wildman–Crippen LogP) is 2.64. The van der Waals surface area contributed by atoms with Gasteiger partial charge in [-0.2, -0.15) is 18.2 Å². The lowest BCUT2D eigenvalue weighted by Crippen LogP contribution is -2.46. The smallest absolute Gasteiger partial charge is 0.329 e. The van der Waals surface area contributed by atoms with E-state index in [0.29, 0.717) is 12.1 Å². The molecule has 2 aromatic rings. The minimum absolute atomic E-state index is 0.0144. The van der Waals surface area contributed by atoms with E-state index >= 15 is 0 Å². The second-order valence-electron chi connectivity index (χ2n) is 6.14. The molecular formula is C16H12F5N5O3. The van der Waals surface area contributed by atoms with Crippen LogP contribution in [0.1, 0.15) is 25.7 Å². The summed E-state index contributed by atoms with van der Waals surface area (Å²) in [6, 6.07) is -0.0998. The summed E-state index contributed by atoms with van der Waals surface area (Å²) in [6.45, 7) is 1.29. The Balaban J connectivity index is 1.98. The van der Waals surface area contributed by atoms with Crippen LogP contribution < -0.4 is 10.2 Å². The normalized spacial score (nSPS) is 17.0. The Morgan fingerprint density at radius 2 is 2.00 bits per heavy atom. The summed E-state index contributed by atoms with van der Waals surface area (Å²) in [5, 5.41) is 12.5. The number of benzene rings is 1. The Hall–Kier alpha value is -3.38. The van der Waals surface area contributed by atoms with Crippen LogP contribution in [0, 0.1) is 17.0 Å². The first kappa shape index (κ1) is 20.4. The molecule has 154 valence electrons. The van der Waals surface area contributed by atoms with Crippen molar-refractivity contribution in [3.05, 3.63) is 29.7 Å². The van der Waals surface area contributed by atoms with Crippen LogP contribution >= 0.6 is 0 Å². The number of aromatic nitrogens is 2. The van der Waals surface area contributed by atoms with Gasteiger partial charge >= 0.3 is 12.1 Å². The van der Waals surface area contributed by atoms with Gasteiger partial charge in [-0.05, 0) is 19.4 Å². The Bertz CT molecular complexity index is 1000. The average Bonchev–Trinajstić information content (AvgIpc) is 3.23. The Kier molecular flexibility index (Phi) is 5.07. The number of carbonyl (C=O) groups excluding carboxylic acids is 2. The van der Waals surface area contributed by atoms with E-state index in [1.807, 2.05) is 0 Å². The highest BCUT2D eigenvalue weighted by Crippen LogP contribution is 2.35. The van der Waals surface area contributed by atoms with E-state index in [4.69, 9.17) is 5.41 Å². The van der Waals surface area contributed by atoms with Crippen molar-refractivity contribution in [2.45, 2.75) is 32.0 Å². The summed E-state index contributed by atoms with van der Waals surface area (Å²) in [5.41, 5.74) is -1.29. The molecule has 2 amide bonds. The highest BCUT2D eigenvalue weighted by molar-refractivity contribution is 6.07. The van der Waals surface area contributed by atoms with E-state index in [1.54, 1.807) is 0 Å². The molecule has 0 spiro atoms. The van der Waals surface area contributed by atoms with Crippen molar-refractivity contribution in [3.63, 3.8) is 0 Å². The lowest BCUT2D eigenvalue weighted by molar-refractivity contribution is -0.159. The minimum atomic E-state index is -4.96. The van der Waals surface area contributed by atoms with Gasteiger partial charge in [0.25, 0.3) is 0 Å². The molecule has 1 fully saturated rings. The fourth-order valence-corrected chi connectivity index (χ4v) is 2.84. The lowest BCUT2D eigenvalue weighted by atomic mass is 10.1. The number of amidine groups is 1. The van der Waals surface area contributed by atoms with Crippen LogP contribution in [-0.2, 0) is 15.8 Å². The molecule has 0 saturated carbocycles. The third-order valence-corrected chi connectivity index (χ3v) is 4.03. The van der Waals surface area contributed by atoms with Gasteiger partial charge in [-0.1, -0.05) is 5.16 Å². The number of amides is 2. The first-order chi connectivity index (χ1) is 13.5. The molecule has 1 atom stereocenters. The van der Waals surface area contributed by atoms with E-state index < -0.39 is 58.6 Å². The van der Waals surface area contributed by atoms with Crippen molar-refractivity contribution < 1.29 is 36.1 Å². The van der Waals surface area contributed by atoms with Crippen LogP contribution in [0.4, 0.5) is 27.6 Å². The van der Waals surface area contributed by atoms with Crippen molar-refractivity contribution in [2.75, 3.05) is 4.90 Å². The van der Waals surface area contributed by atoms with Gasteiger partial charge in [0.05, 0.1) is 17.1 Å². The van der Waals surface area contributed by atoms with Gasteiger partial charge in [0.2, 0.25) is 17.6 Å². The van der Waals surface area contributed by atoms with Gasteiger partial charge in [0, 0.05) is 12.5 Å². The molecule has 0 bridgehead atoms. The number of halogens is 5. The van der Waals surface area contributed by atoms with Gasteiger partial charge in [-0.15, -0.1) is 0 Å². The number of hydrogen-bond donors (Lipinski definition) is 2. The molecule has 0 radical (unpaired) electrons. The first-order valence-corrected chi connectivity index (χ1v) is 8.07. The zero-order valence-electron chi connectivity index (χ0n) is 14.6. The molecule has 2 heterocycles. The minimum Gasteiger partial charge on any atom is -0.329 e. The van der Waals surface area contributed by atoms with Gasteiger partial charge in [0.15, 0.2) is 0 Å². The number of rotatable bonds is 3. The van der Waals surface area contributed by atoms with E-state index in [1.165, 1.54) is 6.92 Å². The summed E-state index contributed by atoms with van der Waals surface area (Å²) in [5.74, 6) is -6.57. The molecule has 13 heteroatoms. The summed E-state index contributed by atoms with van der Waals surface area (Å²) >= 11 is 0. The van der Waals surface area contributed by atoms with Crippen LogP contribution in [0.15, 0.2) is 16.7 Å². The molecule has 1 aromatic carbocycles. The molecular weight excluding hydrogens is 405 g/mol. The maximum absolute atomic E-state index is 14.6. The largest absolute Gasteiger partial charge is 0.471 e. The standard InChI is InChI=1S/C16H12F5N5O3/c1-6(22)23-14(28)10-2-3-12(27)26(10)11-5-8(17)7(4-9(11)18)13-24-15(29-25-13)16(19,20)21/h4-5,10H,2-3H2,1H3,(H2,22,23,28). The third-order valence-electron chi connectivity index (χ3n) is 4.03. The molecule has 29 heavy (non-hydrogen) atoms. The average molecular weight is 417 g/mol. The van der Waals surface area contributed by atoms with E-state index in [9.17, 15) is 31.5 Å². The number of nitrogens with one attached hydrogen (secondary N) is 2. The SMILES string of the molecule is CC(=N)NC(=O)C1CCC(=O)N1c1cc(F)c(-c2noc(C(F)(F)F)n2)cc1F. The van der Waals surface area contributed by atoms with Crippen molar-refractivity contribution in [3.8, 4) is 11.4 Å². The highest BCUT2D eigenvalue weighted by atomic mass is 19.4. The Morgan fingerprint density at radius 1 is 1.31 bits per heavy atom. The monoisotopic (exact) mass is 417 g/mol. The molecule has 3 rings (SSSR count). The van der Waals surface area contributed by atoms with Gasteiger partial charge in [-0.3, -0.25) is 19.9 Å². The number of alkyl halides is 3. The quantitative estimate of drug-likeness (QED) is 0.453. The number of carbonyl (C=O) groups is 2. The van der Waals surface area contributed by atoms with Crippen LogP contribution in [0.25, 0.3) is 11.4 Å². The van der Waals surface area contributed by atoms with Gasteiger partial charge in [0.1, 0.15) is 17.7 Å². The van der Waals surface area contributed by atoms with Crippen molar-refractivity contribution >= 4 is 23.3 Å². The summed E-state index contributed by atoms with van der Waals surface area (Å²) in [7, 11) is 0. The summed E-state index contributed by atoms with van der Waals surface area (Å²) < 4.78 is 70.8. The number of nitrogens with zero attached hydrogens (tertiary/aromatic N) is 3. The second kappa shape index (κ2) is 7.22. The molecule has 1 aliphatic heterocycles. The number of hydrogen-bond acceptors (Lipinski definition) is 6. The van der Waals surface area contributed by atoms with Crippen LogP contribution in [-0.4, -0.2) is 33.8 Å². The van der Waals surface area contributed by atoms with Crippen molar-refractivity contribution in [1.82, 2.24) is 15.5 Å². The predicted molar refractivity (Wildman–Crippen MR) is 86.7 cm³/mol. The van der Waals surface area contributed by atoms with Crippen molar-refractivity contribution in [1.29, 1.82) is 5.41 Å². The van der Waals surface area contributed by atoms with E-state index in [-0.39, 0.29) is 18.7 Å². The Morgan fingerprint density at radius 3 is 2.59 bits per heavy atom. The molecule has 0 aliphatic carbocycles. The maximum Gasteiger partial charge on any atom is 0.471 e. The topological polar surface area (TPSA) is 112 Å². The maximum atomic E-state index is 14.6. The van der Waals surface area contributed by atoms with E-state index in [2.05, 4.69) is 20.0 Å². The van der Waals surface area contributed by atoms with E-state index in [0.717, 1.165) is 4.90 Å². The highest BCUT2D eigenvalue weighted by Gasteiger charge is 2.40.